The summed E-state index contributed by atoms with van der Waals surface area (Å²) in [6, 6.07) is 0.632. The molecule has 5 nitrogen and oxygen atoms in total. The van der Waals surface area contributed by atoms with Crippen molar-refractivity contribution in [1.82, 2.24) is 15.1 Å². The Kier molecular flexibility index (Phi) is 4.31. The van der Waals surface area contributed by atoms with E-state index in [0.717, 1.165) is 57.8 Å². The maximum absolute atomic E-state index is 12.9. The van der Waals surface area contributed by atoms with Crippen LogP contribution in [-0.2, 0) is 4.79 Å². The molecule has 1 amide bonds. The first-order chi connectivity index (χ1) is 10.2. The maximum Gasteiger partial charge on any atom is 0.257 e. The third-order valence-corrected chi connectivity index (χ3v) is 5.26. The summed E-state index contributed by atoms with van der Waals surface area (Å²) in [5.74, 6) is 1.25. The molecular weight excluding hydrogens is 264 g/mol. The minimum absolute atomic E-state index is 0.250. The summed E-state index contributed by atoms with van der Waals surface area (Å²) in [6.07, 6.45) is 5.27. The predicted octanol–water partition coefficient (Wildman–Crippen LogP) is 1.24. The number of carbonyl (C=O) groups excluding carboxylic acids is 1. The summed E-state index contributed by atoms with van der Waals surface area (Å²) in [4.78, 5) is 22.2. The average molecular weight is 292 g/mol. The topological polar surface area (TPSA) is 47.9 Å². The highest BCUT2D eigenvalue weighted by Gasteiger charge is 2.50. The van der Waals surface area contributed by atoms with E-state index in [0.29, 0.717) is 6.04 Å². The van der Waals surface area contributed by atoms with Gasteiger partial charge in [-0.2, -0.15) is 0 Å². The Hall–Kier alpha value is -0.940. The molecule has 1 spiro atoms. The Bertz CT molecular complexity index is 430. The quantitative estimate of drug-likeness (QED) is 0.851. The van der Waals surface area contributed by atoms with Crippen LogP contribution in [0.25, 0.3) is 0 Å². The molecule has 2 saturated heterocycles. The summed E-state index contributed by atoms with van der Waals surface area (Å²) in [7, 11) is 0. The molecule has 3 rings (SSSR count). The first-order valence-corrected chi connectivity index (χ1v) is 8.55. The van der Waals surface area contributed by atoms with E-state index in [2.05, 4.69) is 24.1 Å². The van der Waals surface area contributed by atoms with Crippen molar-refractivity contribution in [2.75, 3.05) is 32.7 Å². The smallest absolute Gasteiger partial charge is 0.257 e. The highest BCUT2D eigenvalue weighted by Crippen LogP contribution is 2.34. The van der Waals surface area contributed by atoms with Crippen LogP contribution in [0.2, 0.25) is 0 Å². The van der Waals surface area contributed by atoms with E-state index >= 15 is 0 Å². The van der Waals surface area contributed by atoms with E-state index in [1.54, 1.807) is 0 Å². The van der Waals surface area contributed by atoms with Crippen LogP contribution in [0.5, 0.6) is 0 Å². The molecule has 0 aromatic carbocycles. The molecule has 0 saturated carbocycles. The standard InChI is InChI=1S/C16H28N4O/c1-3-14-18-16(15(21)20(14)4-2)8-5-11-19(12-16)13-6-9-17-10-7-13/h13,17H,3-12H2,1-2H3. The number of hydrogen-bond donors (Lipinski definition) is 1. The second-order valence-electron chi connectivity index (χ2n) is 6.52. The Labute approximate surface area is 127 Å². The average Bonchev–Trinajstić information content (AvgIpc) is 2.80. The second-order valence-corrected chi connectivity index (χ2v) is 6.52. The van der Waals surface area contributed by atoms with Gasteiger partial charge in [0.05, 0.1) is 0 Å². The normalized spacial score (nSPS) is 32.0. The number of hydrogen-bond acceptors (Lipinski definition) is 4. The molecule has 21 heavy (non-hydrogen) atoms. The molecule has 0 radical (unpaired) electrons. The zero-order valence-corrected chi connectivity index (χ0v) is 13.4. The number of nitrogens with one attached hydrogen (secondary N) is 1. The van der Waals surface area contributed by atoms with Crippen LogP contribution in [-0.4, -0.2) is 65.8 Å². The molecule has 0 aromatic heterocycles. The monoisotopic (exact) mass is 292 g/mol. The molecule has 5 heteroatoms. The van der Waals surface area contributed by atoms with Crippen molar-refractivity contribution in [3.05, 3.63) is 0 Å². The number of aliphatic imine (C=N–C) groups is 1. The SMILES string of the molecule is CCC1=NC2(CCCN(C3CCNCC3)C2)C(=O)N1CC. The Morgan fingerprint density at radius 1 is 1.33 bits per heavy atom. The van der Waals surface area contributed by atoms with Crippen LogP contribution in [0.4, 0.5) is 0 Å². The molecule has 0 bridgehead atoms. The fraction of sp³-hybridized carbons (Fsp3) is 0.875. The van der Waals surface area contributed by atoms with E-state index in [4.69, 9.17) is 4.99 Å². The zero-order chi connectivity index (χ0) is 14.9. The molecule has 3 aliphatic heterocycles. The molecule has 3 aliphatic rings. The first kappa shape index (κ1) is 15.0. The molecular formula is C16H28N4O. The van der Waals surface area contributed by atoms with Crippen molar-refractivity contribution in [2.45, 2.75) is 57.5 Å². The van der Waals surface area contributed by atoms with Gasteiger partial charge in [-0.05, 0) is 52.2 Å². The highest BCUT2D eigenvalue weighted by molar-refractivity contribution is 6.08. The highest BCUT2D eigenvalue weighted by atomic mass is 16.2. The molecule has 2 fully saturated rings. The Morgan fingerprint density at radius 2 is 2.10 bits per heavy atom. The number of likely N-dealkylation sites (N-methyl/N-ethyl adjacent to an activating group) is 1. The molecule has 1 atom stereocenters. The summed E-state index contributed by atoms with van der Waals surface area (Å²) in [5, 5.41) is 3.43. The van der Waals surface area contributed by atoms with Gasteiger partial charge in [-0.15, -0.1) is 0 Å². The maximum atomic E-state index is 12.9. The number of carbonyl (C=O) groups is 1. The number of rotatable bonds is 3. The van der Waals surface area contributed by atoms with Gasteiger partial charge in [0.25, 0.3) is 5.91 Å². The van der Waals surface area contributed by atoms with Crippen molar-refractivity contribution in [2.24, 2.45) is 4.99 Å². The van der Waals surface area contributed by atoms with Crippen molar-refractivity contribution in [3.8, 4) is 0 Å². The molecule has 118 valence electrons. The van der Waals surface area contributed by atoms with Crippen LogP contribution < -0.4 is 5.32 Å². The van der Waals surface area contributed by atoms with E-state index in [9.17, 15) is 4.79 Å². The third-order valence-electron chi connectivity index (χ3n) is 5.26. The van der Waals surface area contributed by atoms with Crippen LogP contribution in [0, 0.1) is 0 Å². The van der Waals surface area contributed by atoms with Crippen molar-refractivity contribution in [3.63, 3.8) is 0 Å². The molecule has 1 N–H and O–H groups in total. The van der Waals surface area contributed by atoms with Crippen molar-refractivity contribution < 1.29 is 4.79 Å². The third kappa shape index (κ3) is 2.61. The van der Waals surface area contributed by atoms with E-state index in [-0.39, 0.29) is 5.91 Å². The fourth-order valence-corrected chi connectivity index (χ4v) is 4.14. The lowest BCUT2D eigenvalue weighted by atomic mass is 9.87. The van der Waals surface area contributed by atoms with E-state index < -0.39 is 5.54 Å². The van der Waals surface area contributed by atoms with Gasteiger partial charge in [0.1, 0.15) is 5.84 Å². The van der Waals surface area contributed by atoms with E-state index in [1.807, 2.05) is 4.90 Å². The largest absolute Gasteiger partial charge is 0.317 e. The first-order valence-electron chi connectivity index (χ1n) is 8.55. The molecule has 0 aromatic rings. The van der Waals surface area contributed by atoms with Gasteiger partial charge in [0.2, 0.25) is 0 Å². The minimum Gasteiger partial charge on any atom is -0.317 e. The van der Waals surface area contributed by atoms with Crippen molar-refractivity contribution in [1.29, 1.82) is 0 Å². The number of piperidine rings is 2. The summed E-state index contributed by atoms with van der Waals surface area (Å²) >= 11 is 0. The van der Waals surface area contributed by atoms with Crippen LogP contribution >= 0.6 is 0 Å². The lowest BCUT2D eigenvalue weighted by Crippen LogP contribution is -2.57. The Morgan fingerprint density at radius 3 is 2.71 bits per heavy atom. The molecule has 1 unspecified atom stereocenters. The van der Waals surface area contributed by atoms with Crippen LogP contribution in [0.15, 0.2) is 4.99 Å². The fourth-order valence-electron chi connectivity index (χ4n) is 4.14. The van der Waals surface area contributed by atoms with Crippen molar-refractivity contribution >= 4 is 11.7 Å². The zero-order valence-electron chi connectivity index (χ0n) is 13.4. The Balaban J connectivity index is 1.78. The van der Waals surface area contributed by atoms with Gasteiger partial charge in [0.15, 0.2) is 5.54 Å². The second kappa shape index (κ2) is 6.05. The van der Waals surface area contributed by atoms with Gasteiger partial charge >= 0.3 is 0 Å². The summed E-state index contributed by atoms with van der Waals surface area (Å²) < 4.78 is 0. The lowest BCUT2D eigenvalue weighted by molar-refractivity contribution is -0.133. The lowest BCUT2D eigenvalue weighted by Gasteiger charge is -2.42. The van der Waals surface area contributed by atoms with Crippen LogP contribution in [0.3, 0.4) is 0 Å². The molecule has 0 aliphatic carbocycles. The minimum atomic E-state index is -0.468. The predicted molar refractivity (Wildman–Crippen MR) is 84.5 cm³/mol. The number of amidine groups is 1. The van der Waals surface area contributed by atoms with Crippen LogP contribution in [0.1, 0.15) is 46.0 Å². The van der Waals surface area contributed by atoms with Gasteiger partial charge in [-0.25, -0.2) is 0 Å². The van der Waals surface area contributed by atoms with Gasteiger partial charge in [0, 0.05) is 25.6 Å². The summed E-state index contributed by atoms with van der Waals surface area (Å²) in [5.41, 5.74) is -0.468. The van der Waals surface area contributed by atoms with Gasteiger partial charge in [-0.1, -0.05) is 6.92 Å². The number of amides is 1. The summed E-state index contributed by atoms with van der Waals surface area (Å²) in [6.45, 7) is 9.07. The van der Waals surface area contributed by atoms with Gasteiger partial charge in [-0.3, -0.25) is 19.6 Å². The number of nitrogens with zero attached hydrogens (tertiary/aromatic N) is 3. The molecule has 3 heterocycles. The van der Waals surface area contributed by atoms with Gasteiger partial charge < -0.3 is 5.32 Å². The van der Waals surface area contributed by atoms with E-state index in [1.165, 1.54) is 12.8 Å². The number of likely N-dealkylation sites (tertiary alicyclic amines) is 1.